The predicted molar refractivity (Wildman–Crippen MR) is 101 cm³/mol. The largest absolute Gasteiger partial charge is 0.416 e. The highest BCUT2D eigenvalue weighted by atomic mass is 19.4. The standard InChI is InChI=1S/C21H22F3N5/c22-21(23,24)18-11-9-17(10-12-18)19(28-13-5-2-6-14-28)20-25-26-27-29(20)15-16-7-3-1-4-8-16/h1,3-4,7-12,19H,2,5-6,13-15H2/p+1/t19-/m0/s1. The summed E-state index contributed by atoms with van der Waals surface area (Å²) in [5, 5.41) is 12.4. The van der Waals surface area contributed by atoms with E-state index in [-0.39, 0.29) is 6.04 Å². The third kappa shape index (κ3) is 4.48. The van der Waals surface area contributed by atoms with Crippen LogP contribution < -0.4 is 4.90 Å². The molecule has 0 amide bonds. The summed E-state index contributed by atoms with van der Waals surface area (Å²) in [4.78, 5) is 1.29. The molecule has 0 radical (unpaired) electrons. The van der Waals surface area contributed by atoms with Gasteiger partial charge in [-0.3, -0.25) is 0 Å². The van der Waals surface area contributed by atoms with E-state index in [4.69, 9.17) is 0 Å². The molecule has 8 heteroatoms. The molecule has 5 nitrogen and oxygen atoms in total. The SMILES string of the molecule is FC(F)(F)c1ccc([C@@H](c2nnnn2Cc2ccccc2)[NH+]2CCCCC2)cc1. The van der Waals surface area contributed by atoms with Crippen LogP contribution in [0.25, 0.3) is 0 Å². The van der Waals surface area contributed by atoms with Crippen LogP contribution in [0, 0.1) is 0 Å². The number of tetrazole rings is 1. The van der Waals surface area contributed by atoms with E-state index in [0.29, 0.717) is 12.4 Å². The number of aromatic nitrogens is 4. The van der Waals surface area contributed by atoms with Gasteiger partial charge in [0.05, 0.1) is 25.2 Å². The van der Waals surface area contributed by atoms with Crippen LogP contribution in [0.15, 0.2) is 54.6 Å². The lowest BCUT2D eigenvalue weighted by Gasteiger charge is -2.31. The number of nitrogens with one attached hydrogen (secondary N) is 1. The minimum Gasteiger partial charge on any atom is -0.322 e. The van der Waals surface area contributed by atoms with Crippen molar-refractivity contribution in [1.29, 1.82) is 0 Å². The lowest BCUT2D eigenvalue weighted by atomic mass is 9.99. The fourth-order valence-corrected chi connectivity index (χ4v) is 4.01. The number of piperidine rings is 1. The molecule has 0 spiro atoms. The monoisotopic (exact) mass is 402 g/mol. The molecular weight excluding hydrogens is 379 g/mol. The summed E-state index contributed by atoms with van der Waals surface area (Å²) in [6.07, 6.45) is -0.988. The molecule has 0 aliphatic carbocycles. The number of hydrogen-bond donors (Lipinski definition) is 1. The highest BCUT2D eigenvalue weighted by Crippen LogP contribution is 2.30. The second kappa shape index (κ2) is 8.32. The highest BCUT2D eigenvalue weighted by molar-refractivity contribution is 5.29. The van der Waals surface area contributed by atoms with Crippen molar-refractivity contribution in [3.05, 3.63) is 77.1 Å². The number of nitrogens with zero attached hydrogens (tertiary/aromatic N) is 4. The summed E-state index contributed by atoms with van der Waals surface area (Å²) >= 11 is 0. The van der Waals surface area contributed by atoms with E-state index >= 15 is 0 Å². The summed E-state index contributed by atoms with van der Waals surface area (Å²) in [5.74, 6) is 0.686. The molecular formula is C21H23F3N5+. The zero-order valence-corrected chi connectivity index (χ0v) is 15.9. The first-order valence-electron chi connectivity index (χ1n) is 9.84. The lowest BCUT2D eigenvalue weighted by molar-refractivity contribution is -0.931. The maximum atomic E-state index is 13.0. The molecule has 1 aliphatic heterocycles. The number of halogens is 3. The van der Waals surface area contributed by atoms with Crippen molar-refractivity contribution in [1.82, 2.24) is 20.2 Å². The fraction of sp³-hybridized carbons (Fsp3) is 0.381. The molecule has 0 bridgehead atoms. The molecule has 0 saturated carbocycles. The third-order valence-electron chi connectivity index (χ3n) is 5.47. The van der Waals surface area contributed by atoms with Crippen LogP contribution in [-0.2, 0) is 12.7 Å². The molecule has 1 aromatic heterocycles. The number of likely N-dealkylation sites (tertiary alicyclic amines) is 1. The van der Waals surface area contributed by atoms with Gasteiger partial charge in [-0.05, 0) is 47.4 Å². The van der Waals surface area contributed by atoms with E-state index in [1.165, 1.54) is 11.3 Å². The number of rotatable bonds is 5. The van der Waals surface area contributed by atoms with Crippen LogP contribution in [0.1, 0.15) is 47.8 Å². The van der Waals surface area contributed by atoms with E-state index in [1.807, 2.05) is 30.3 Å². The van der Waals surface area contributed by atoms with E-state index in [9.17, 15) is 13.2 Å². The van der Waals surface area contributed by atoms with Gasteiger partial charge in [0.25, 0.3) is 0 Å². The van der Waals surface area contributed by atoms with Crippen LogP contribution in [0.5, 0.6) is 0 Å². The van der Waals surface area contributed by atoms with E-state index in [1.54, 1.807) is 16.8 Å². The van der Waals surface area contributed by atoms with Gasteiger partial charge in [-0.25, -0.2) is 4.68 Å². The Morgan fingerprint density at radius 1 is 0.931 bits per heavy atom. The first-order chi connectivity index (χ1) is 14.0. The lowest BCUT2D eigenvalue weighted by Crippen LogP contribution is -3.13. The van der Waals surface area contributed by atoms with Gasteiger partial charge in [-0.1, -0.05) is 42.5 Å². The molecule has 152 valence electrons. The van der Waals surface area contributed by atoms with Crippen molar-refractivity contribution >= 4 is 0 Å². The Hall–Kier alpha value is -2.74. The topological polar surface area (TPSA) is 48.0 Å². The van der Waals surface area contributed by atoms with Gasteiger partial charge in [-0.15, -0.1) is 5.10 Å². The first-order valence-corrected chi connectivity index (χ1v) is 9.84. The number of alkyl halides is 3. The molecule has 3 aromatic rings. The van der Waals surface area contributed by atoms with Crippen LogP contribution in [0.3, 0.4) is 0 Å². The van der Waals surface area contributed by atoms with Gasteiger partial charge >= 0.3 is 6.18 Å². The zero-order chi connectivity index (χ0) is 20.3. The van der Waals surface area contributed by atoms with E-state index in [0.717, 1.165) is 49.2 Å². The molecule has 1 saturated heterocycles. The normalized spacial score (nSPS) is 16.7. The van der Waals surface area contributed by atoms with Gasteiger partial charge in [0.1, 0.15) is 0 Å². The molecule has 2 heterocycles. The maximum absolute atomic E-state index is 13.0. The van der Waals surface area contributed by atoms with Crippen LogP contribution >= 0.6 is 0 Å². The number of benzene rings is 2. The Morgan fingerprint density at radius 3 is 2.28 bits per heavy atom. The second-order valence-electron chi connectivity index (χ2n) is 7.45. The summed E-state index contributed by atoms with van der Waals surface area (Å²) < 4.78 is 40.8. The van der Waals surface area contributed by atoms with E-state index < -0.39 is 11.7 Å². The van der Waals surface area contributed by atoms with Crippen LogP contribution in [0.4, 0.5) is 13.2 Å². The van der Waals surface area contributed by atoms with Crippen molar-refractivity contribution in [3.63, 3.8) is 0 Å². The number of quaternary nitrogens is 1. The van der Waals surface area contributed by atoms with Crippen LogP contribution in [-0.4, -0.2) is 33.3 Å². The quantitative estimate of drug-likeness (QED) is 0.714. The molecule has 1 aliphatic rings. The van der Waals surface area contributed by atoms with Crippen LogP contribution in [0.2, 0.25) is 0 Å². The smallest absolute Gasteiger partial charge is 0.322 e. The molecule has 4 rings (SSSR count). The molecule has 0 unspecified atom stereocenters. The molecule has 29 heavy (non-hydrogen) atoms. The Morgan fingerprint density at radius 2 is 1.62 bits per heavy atom. The third-order valence-corrected chi connectivity index (χ3v) is 5.47. The van der Waals surface area contributed by atoms with Gasteiger partial charge in [0, 0.05) is 5.56 Å². The molecule has 1 atom stereocenters. The van der Waals surface area contributed by atoms with Crippen molar-refractivity contribution in [2.24, 2.45) is 0 Å². The fourth-order valence-electron chi connectivity index (χ4n) is 4.01. The minimum absolute atomic E-state index is 0.198. The first kappa shape index (κ1) is 19.6. The van der Waals surface area contributed by atoms with Gasteiger partial charge in [-0.2, -0.15) is 13.2 Å². The molecule has 1 fully saturated rings. The summed E-state index contributed by atoms with van der Waals surface area (Å²) in [5.41, 5.74) is 1.23. The Bertz CT molecular complexity index is 915. The number of hydrogen-bond acceptors (Lipinski definition) is 3. The van der Waals surface area contributed by atoms with Crippen molar-refractivity contribution in [2.75, 3.05) is 13.1 Å². The highest BCUT2D eigenvalue weighted by Gasteiger charge is 2.34. The summed E-state index contributed by atoms with van der Waals surface area (Å²) in [6.45, 7) is 2.42. The molecule has 1 N–H and O–H groups in total. The van der Waals surface area contributed by atoms with Gasteiger partial charge in [0.2, 0.25) is 5.82 Å². The summed E-state index contributed by atoms with van der Waals surface area (Å²) in [6, 6.07) is 15.1. The Kier molecular flexibility index (Phi) is 5.62. The maximum Gasteiger partial charge on any atom is 0.416 e. The predicted octanol–water partition coefficient (Wildman–Crippen LogP) is 2.90. The van der Waals surface area contributed by atoms with Crippen molar-refractivity contribution < 1.29 is 18.1 Å². The zero-order valence-electron chi connectivity index (χ0n) is 15.9. The van der Waals surface area contributed by atoms with Crippen molar-refractivity contribution in [3.8, 4) is 0 Å². The minimum atomic E-state index is -4.35. The molecule has 2 aromatic carbocycles. The van der Waals surface area contributed by atoms with Crippen molar-refractivity contribution in [2.45, 2.75) is 38.0 Å². The van der Waals surface area contributed by atoms with E-state index in [2.05, 4.69) is 15.5 Å². The van der Waals surface area contributed by atoms with Gasteiger partial charge in [0.15, 0.2) is 6.04 Å². The average molecular weight is 402 g/mol. The van der Waals surface area contributed by atoms with Gasteiger partial charge < -0.3 is 4.90 Å². The second-order valence-corrected chi connectivity index (χ2v) is 7.45. The Labute approximate surface area is 167 Å². The Balaban J connectivity index is 1.69. The summed E-state index contributed by atoms with van der Waals surface area (Å²) in [7, 11) is 0. The average Bonchev–Trinajstić information content (AvgIpc) is 3.17.